The highest BCUT2D eigenvalue weighted by Crippen LogP contribution is 2.01. The van der Waals surface area contributed by atoms with Crippen LogP contribution in [0, 0.1) is 0 Å². The molecule has 0 aliphatic rings. The summed E-state index contributed by atoms with van der Waals surface area (Å²) in [5.74, 6) is 0. The molecule has 9 heavy (non-hydrogen) atoms. The van der Waals surface area contributed by atoms with Gasteiger partial charge in [0, 0.05) is 12.6 Å². The maximum absolute atomic E-state index is 8.15. The second-order valence-electron chi connectivity index (χ2n) is 1.20. The summed E-state index contributed by atoms with van der Waals surface area (Å²) in [6.45, 7) is 0.488. The molecule has 0 aromatic carbocycles. The Labute approximate surface area is 55.8 Å². The van der Waals surface area contributed by atoms with Crippen LogP contribution in [0.2, 0.25) is 0 Å². The van der Waals surface area contributed by atoms with Gasteiger partial charge in [-0.1, -0.05) is 5.16 Å². The summed E-state index contributed by atoms with van der Waals surface area (Å²) in [5, 5.41) is 3.46. The first-order valence-electron chi connectivity index (χ1n) is 2.47. The van der Waals surface area contributed by atoms with E-state index >= 15 is 0 Å². The second kappa shape index (κ2) is 7.82. The highest BCUT2D eigenvalue weighted by atomic mass is 31.1. The van der Waals surface area contributed by atoms with Gasteiger partial charge in [0.2, 0.25) is 0 Å². The van der Waals surface area contributed by atoms with Crippen LogP contribution < -0.4 is 0 Å². The molecule has 0 fully saturated rings. The normalized spacial score (nSPS) is 11.8. The standard InChI is InChI=1S/C4H10NO3P/c1-7-5-3-2-4-8-9-6/h3,6,9H,2,4H2,1H3/b5-3+. The predicted molar refractivity (Wildman–Crippen MR) is 36.6 cm³/mol. The van der Waals surface area contributed by atoms with E-state index in [1.165, 1.54) is 7.11 Å². The minimum Gasteiger partial charge on any atom is -0.399 e. The molecule has 1 N–H and O–H groups in total. The predicted octanol–water partition coefficient (Wildman–Crippen LogP) is 0.526. The Hall–Kier alpha value is -0.180. The average Bonchev–Trinajstić information content (AvgIpc) is 1.89. The van der Waals surface area contributed by atoms with Gasteiger partial charge in [0.05, 0.1) is 6.61 Å². The molecule has 0 saturated heterocycles. The summed E-state index contributed by atoms with van der Waals surface area (Å²) < 4.78 is 4.62. The first kappa shape index (κ1) is 8.82. The molecule has 54 valence electrons. The van der Waals surface area contributed by atoms with Crippen LogP contribution in [0.3, 0.4) is 0 Å². The first-order chi connectivity index (χ1) is 4.41. The van der Waals surface area contributed by atoms with Crippen molar-refractivity contribution in [1.29, 1.82) is 0 Å². The molecular weight excluding hydrogens is 141 g/mol. The van der Waals surface area contributed by atoms with E-state index < -0.39 is 9.03 Å². The molecule has 5 heteroatoms. The zero-order valence-corrected chi connectivity index (χ0v) is 6.20. The van der Waals surface area contributed by atoms with Crippen molar-refractivity contribution in [1.82, 2.24) is 0 Å². The van der Waals surface area contributed by atoms with Gasteiger partial charge in [-0.15, -0.1) is 0 Å². The van der Waals surface area contributed by atoms with Crippen molar-refractivity contribution in [3.05, 3.63) is 0 Å². The van der Waals surface area contributed by atoms with Crippen LogP contribution >= 0.6 is 9.03 Å². The van der Waals surface area contributed by atoms with Gasteiger partial charge < -0.3 is 14.3 Å². The van der Waals surface area contributed by atoms with E-state index in [2.05, 4.69) is 14.5 Å². The van der Waals surface area contributed by atoms with Gasteiger partial charge in [-0.25, -0.2) is 0 Å². The summed E-state index contributed by atoms with van der Waals surface area (Å²) in [7, 11) is 1.04. The lowest BCUT2D eigenvalue weighted by Crippen LogP contribution is -1.85. The molecule has 0 rings (SSSR count). The average molecular weight is 151 g/mol. The number of hydrogen-bond acceptors (Lipinski definition) is 4. The fraction of sp³-hybridized carbons (Fsp3) is 0.750. The van der Waals surface area contributed by atoms with Crippen LogP contribution in [0.4, 0.5) is 0 Å². The van der Waals surface area contributed by atoms with E-state index in [0.29, 0.717) is 13.0 Å². The maximum atomic E-state index is 8.15. The molecule has 0 spiro atoms. The molecule has 0 amide bonds. The van der Waals surface area contributed by atoms with Gasteiger partial charge in [-0.3, -0.25) is 0 Å². The van der Waals surface area contributed by atoms with E-state index in [4.69, 9.17) is 4.89 Å². The van der Waals surface area contributed by atoms with Crippen molar-refractivity contribution in [2.45, 2.75) is 6.42 Å². The van der Waals surface area contributed by atoms with E-state index in [1.54, 1.807) is 6.21 Å². The van der Waals surface area contributed by atoms with E-state index in [0.717, 1.165) is 0 Å². The lowest BCUT2D eigenvalue weighted by Gasteiger charge is -1.92. The quantitative estimate of drug-likeness (QED) is 0.270. The van der Waals surface area contributed by atoms with Crippen LogP contribution in [0.25, 0.3) is 0 Å². The summed E-state index contributed by atoms with van der Waals surface area (Å²) in [6, 6.07) is 0. The zero-order chi connectivity index (χ0) is 6.95. The van der Waals surface area contributed by atoms with Crippen LogP contribution in [-0.2, 0) is 9.36 Å². The molecule has 0 aromatic rings. The minimum atomic E-state index is -0.433. The fourth-order valence-electron chi connectivity index (χ4n) is 0.285. The van der Waals surface area contributed by atoms with Crippen molar-refractivity contribution in [2.24, 2.45) is 5.16 Å². The zero-order valence-electron chi connectivity index (χ0n) is 5.20. The Morgan fingerprint density at radius 2 is 2.56 bits per heavy atom. The molecule has 4 nitrogen and oxygen atoms in total. The maximum Gasteiger partial charge on any atom is 0.152 e. The van der Waals surface area contributed by atoms with Crippen LogP contribution in [0.15, 0.2) is 5.16 Å². The van der Waals surface area contributed by atoms with Crippen molar-refractivity contribution >= 4 is 15.2 Å². The number of rotatable bonds is 5. The summed E-state index contributed by atoms with van der Waals surface area (Å²) in [6.07, 6.45) is 2.25. The van der Waals surface area contributed by atoms with Crippen LogP contribution in [0.5, 0.6) is 0 Å². The van der Waals surface area contributed by atoms with Gasteiger partial charge in [0.25, 0.3) is 0 Å². The third-order valence-electron chi connectivity index (χ3n) is 0.594. The molecule has 0 saturated carbocycles. The molecule has 0 aromatic heterocycles. The SMILES string of the molecule is CO/N=C/CCOPO. The topological polar surface area (TPSA) is 51.0 Å². The Morgan fingerprint density at radius 3 is 3.11 bits per heavy atom. The molecule has 0 radical (unpaired) electrons. The Balaban J connectivity index is 2.82. The van der Waals surface area contributed by atoms with Gasteiger partial charge in [-0.2, -0.15) is 0 Å². The van der Waals surface area contributed by atoms with Gasteiger partial charge in [0.1, 0.15) is 7.11 Å². The highest BCUT2D eigenvalue weighted by Gasteiger charge is 1.80. The number of oxime groups is 1. The lowest BCUT2D eigenvalue weighted by atomic mass is 10.5. The van der Waals surface area contributed by atoms with Crippen molar-refractivity contribution < 1.29 is 14.3 Å². The lowest BCUT2D eigenvalue weighted by molar-refractivity contribution is 0.213. The molecule has 0 aliphatic heterocycles. The van der Waals surface area contributed by atoms with E-state index in [9.17, 15) is 0 Å². The van der Waals surface area contributed by atoms with E-state index in [-0.39, 0.29) is 0 Å². The summed E-state index contributed by atoms with van der Waals surface area (Å²) in [4.78, 5) is 12.5. The molecule has 1 unspecified atom stereocenters. The fourth-order valence-corrected chi connectivity index (χ4v) is 0.494. The number of hydrogen-bond donors (Lipinski definition) is 1. The molecule has 0 bridgehead atoms. The molecule has 0 heterocycles. The largest absolute Gasteiger partial charge is 0.399 e. The summed E-state index contributed by atoms with van der Waals surface area (Å²) >= 11 is 0. The van der Waals surface area contributed by atoms with Crippen molar-refractivity contribution in [3.63, 3.8) is 0 Å². The van der Waals surface area contributed by atoms with Gasteiger partial charge in [-0.05, 0) is 0 Å². The Bertz CT molecular complexity index is 78.2. The minimum absolute atomic E-state index is 0.433. The molecule has 1 atom stereocenters. The number of nitrogens with zero attached hydrogens (tertiary/aromatic N) is 1. The second-order valence-corrected chi connectivity index (χ2v) is 1.67. The van der Waals surface area contributed by atoms with Crippen molar-refractivity contribution in [2.75, 3.05) is 13.7 Å². The Kier molecular flexibility index (Phi) is 7.66. The third kappa shape index (κ3) is 7.82. The van der Waals surface area contributed by atoms with Crippen LogP contribution in [-0.4, -0.2) is 24.8 Å². The molecule has 0 aliphatic carbocycles. The first-order valence-corrected chi connectivity index (χ1v) is 3.33. The van der Waals surface area contributed by atoms with Gasteiger partial charge in [0.15, 0.2) is 9.03 Å². The van der Waals surface area contributed by atoms with E-state index in [1.807, 2.05) is 0 Å². The monoisotopic (exact) mass is 151 g/mol. The van der Waals surface area contributed by atoms with Gasteiger partial charge >= 0.3 is 0 Å². The smallest absolute Gasteiger partial charge is 0.152 e. The molecular formula is C4H10NO3P. The third-order valence-corrected chi connectivity index (χ3v) is 0.927. The van der Waals surface area contributed by atoms with Crippen LogP contribution in [0.1, 0.15) is 6.42 Å². The van der Waals surface area contributed by atoms with Crippen molar-refractivity contribution in [3.8, 4) is 0 Å². The highest BCUT2D eigenvalue weighted by molar-refractivity contribution is 7.24. The summed E-state index contributed by atoms with van der Waals surface area (Å²) in [5.41, 5.74) is 0. The Morgan fingerprint density at radius 1 is 1.78 bits per heavy atom.